The fourth-order valence-corrected chi connectivity index (χ4v) is 10.0. The summed E-state index contributed by atoms with van der Waals surface area (Å²) in [6, 6.07) is 82.2. The van der Waals surface area contributed by atoms with Gasteiger partial charge in [-0.1, -0.05) is 206 Å². The van der Waals surface area contributed by atoms with Crippen LogP contribution in [-0.2, 0) is 0 Å². The minimum absolute atomic E-state index is 0.789. The Hall–Kier alpha value is -8.00. The molecular formula is C64H50O. The molecule has 0 N–H and O–H groups in total. The lowest BCUT2D eigenvalue weighted by Crippen LogP contribution is -2.01. The number of hydrogen-bond donors (Lipinski definition) is 0. The van der Waals surface area contributed by atoms with Crippen molar-refractivity contribution in [3.63, 3.8) is 0 Å². The molecule has 0 saturated carbocycles. The molecule has 0 unspecified atom stereocenters. The zero-order valence-corrected chi connectivity index (χ0v) is 37.3. The van der Waals surface area contributed by atoms with Gasteiger partial charge < -0.3 is 4.74 Å². The molecule has 0 fully saturated rings. The van der Waals surface area contributed by atoms with Crippen molar-refractivity contribution < 1.29 is 4.74 Å². The summed E-state index contributed by atoms with van der Waals surface area (Å²) in [7, 11) is 0. The lowest BCUT2D eigenvalue weighted by molar-refractivity contribution is 0.483. The molecule has 0 bridgehead atoms. The lowest BCUT2D eigenvalue weighted by atomic mass is 9.78. The van der Waals surface area contributed by atoms with E-state index in [-0.39, 0.29) is 0 Å². The van der Waals surface area contributed by atoms with Crippen molar-refractivity contribution in [1.82, 2.24) is 0 Å². The van der Waals surface area contributed by atoms with E-state index in [1.165, 1.54) is 100 Å². The van der Waals surface area contributed by atoms with Crippen molar-refractivity contribution in [2.24, 2.45) is 0 Å². The molecule has 1 heteroatoms. The van der Waals surface area contributed by atoms with Crippen LogP contribution in [0, 0.1) is 27.7 Å². The Labute approximate surface area is 384 Å². The summed E-state index contributed by atoms with van der Waals surface area (Å²) in [5, 5.41) is 0. The summed E-state index contributed by atoms with van der Waals surface area (Å²) < 4.78 is 6.64. The SMILES string of the molecule is Cc1c(-c2ccccc2)c(-c2ccccc2)c(C)c(-c2ccc(Oc3ccc(-c4c(C)c(-c5ccccc5)c(-c5ccccc5)c(C)c4-c4ccccc4)cc3)cc2)c1-c1ccccc1. The molecule has 10 aromatic rings. The monoisotopic (exact) mass is 834 g/mol. The molecule has 10 aromatic carbocycles. The third-order valence-corrected chi connectivity index (χ3v) is 12.9. The standard InChI is InChI=1S/C64H50O/c1-43-57(47-23-11-5-12-24-47)59(49-27-15-7-16-28-49)45(3)63(61(43)51-31-19-9-20-32-51)53-35-39-55(40-36-53)65-56-41-37-54(38-42-56)64-46(4)60(50-29-17-8-18-30-50)58(48-25-13-6-14-26-48)44(2)62(64)52-33-21-10-22-34-52/h5-42H,1-4H3. The molecule has 1 nitrogen and oxygen atoms in total. The average molecular weight is 835 g/mol. The molecule has 0 aromatic heterocycles. The van der Waals surface area contributed by atoms with Crippen LogP contribution in [0.1, 0.15) is 22.3 Å². The molecule has 10 rings (SSSR count). The normalized spacial score (nSPS) is 11.1. The second kappa shape index (κ2) is 18.0. The van der Waals surface area contributed by atoms with Gasteiger partial charge in [0.15, 0.2) is 0 Å². The van der Waals surface area contributed by atoms with Gasteiger partial charge in [-0.3, -0.25) is 0 Å². The van der Waals surface area contributed by atoms with Gasteiger partial charge in [0.1, 0.15) is 11.5 Å². The molecule has 0 aliphatic heterocycles. The summed E-state index contributed by atoms with van der Waals surface area (Å²) in [5.74, 6) is 1.58. The lowest BCUT2D eigenvalue weighted by Gasteiger charge is -2.25. The van der Waals surface area contributed by atoms with Gasteiger partial charge in [0, 0.05) is 0 Å². The van der Waals surface area contributed by atoms with Crippen LogP contribution < -0.4 is 4.74 Å². The van der Waals surface area contributed by atoms with Crippen LogP contribution in [0.25, 0.3) is 89.0 Å². The minimum atomic E-state index is 0.789. The summed E-state index contributed by atoms with van der Waals surface area (Å²) in [4.78, 5) is 0. The van der Waals surface area contributed by atoms with Crippen LogP contribution in [-0.4, -0.2) is 0 Å². The largest absolute Gasteiger partial charge is 0.457 e. The maximum atomic E-state index is 6.64. The number of ether oxygens (including phenoxy) is 1. The van der Waals surface area contributed by atoms with Crippen LogP contribution in [0.4, 0.5) is 0 Å². The molecule has 0 spiro atoms. The highest BCUT2D eigenvalue weighted by Crippen LogP contribution is 2.50. The van der Waals surface area contributed by atoms with E-state index < -0.39 is 0 Å². The Bertz CT molecular complexity index is 3010. The van der Waals surface area contributed by atoms with Crippen molar-refractivity contribution in [1.29, 1.82) is 0 Å². The van der Waals surface area contributed by atoms with Gasteiger partial charge in [0.25, 0.3) is 0 Å². The second-order valence-electron chi connectivity index (χ2n) is 16.8. The highest BCUT2D eigenvalue weighted by molar-refractivity contribution is 6.02. The van der Waals surface area contributed by atoms with Gasteiger partial charge in [-0.15, -0.1) is 0 Å². The molecule has 312 valence electrons. The van der Waals surface area contributed by atoms with E-state index >= 15 is 0 Å². The molecule has 65 heavy (non-hydrogen) atoms. The summed E-state index contributed by atoms with van der Waals surface area (Å²) in [6.07, 6.45) is 0. The predicted molar refractivity (Wildman–Crippen MR) is 275 cm³/mol. The first-order chi connectivity index (χ1) is 32.0. The zero-order chi connectivity index (χ0) is 44.3. The van der Waals surface area contributed by atoms with E-state index in [0.717, 1.165) is 22.6 Å². The van der Waals surface area contributed by atoms with Crippen molar-refractivity contribution in [3.05, 3.63) is 253 Å². The first-order valence-corrected chi connectivity index (χ1v) is 22.5. The van der Waals surface area contributed by atoms with Gasteiger partial charge in [0.2, 0.25) is 0 Å². The van der Waals surface area contributed by atoms with E-state index in [1.54, 1.807) is 0 Å². The second-order valence-corrected chi connectivity index (χ2v) is 16.8. The first-order valence-electron chi connectivity index (χ1n) is 22.5. The third kappa shape index (κ3) is 7.88. The Kier molecular flexibility index (Phi) is 11.4. The highest BCUT2D eigenvalue weighted by atomic mass is 16.5. The van der Waals surface area contributed by atoms with Gasteiger partial charge >= 0.3 is 0 Å². The van der Waals surface area contributed by atoms with Crippen LogP contribution >= 0.6 is 0 Å². The molecule has 0 saturated heterocycles. The topological polar surface area (TPSA) is 9.23 Å². The molecule has 0 aliphatic carbocycles. The van der Waals surface area contributed by atoms with Gasteiger partial charge in [-0.05, 0) is 163 Å². The van der Waals surface area contributed by atoms with Crippen molar-refractivity contribution >= 4 is 0 Å². The summed E-state index contributed by atoms with van der Waals surface area (Å²) >= 11 is 0. The van der Waals surface area contributed by atoms with E-state index in [2.05, 4.69) is 258 Å². The molecular weight excluding hydrogens is 785 g/mol. The van der Waals surface area contributed by atoms with Crippen LogP contribution in [0.2, 0.25) is 0 Å². The zero-order valence-electron chi connectivity index (χ0n) is 37.3. The first kappa shape index (κ1) is 41.0. The van der Waals surface area contributed by atoms with E-state index in [1.807, 2.05) is 0 Å². The fourth-order valence-electron chi connectivity index (χ4n) is 10.0. The molecule has 0 atom stereocenters. The Morgan fingerprint density at radius 1 is 0.185 bits per heavy atom. The van der Waals surface area contributed by atoms with Crippen LogP contribution in [0.5, 0.6) is 11.5 Å². The summed E-state index contributed by atoms with van der Waals surface area (Å²) in [6.45, 7) is 9.14. The van der Waals surface area contributed by atoms with E-state index in [4.69, 9.17) is 4.74 Å². The average Bonchev–Trinajstić information content (AvgIpc) is 3.37. The minimum Gasteiger partial charge on any atom is -0.457 e. The maximum Gasteiger partial charge on any atom is 0.127 e. The number of rotatable bonds is 10. The molecule has 0 heterocycles. The van der Waals surface area contributed by atoms with Gasteiger partial charge in [-0.25, -0.2) is 0 Å². The van der Waals surface area contributed by atoms with Crippen molar-refractivity contribution in [2.45, 2.75) is 27.7 Å². The maximum absolute atomic E-state index is 6.64. The fraction of sp³-hybridized carbons (Fsp3) is 0.0625. The number of benzene rings is 10. The Morgan fingerprint density at radius 2 is 0.338 bits per heavy atom. The van der Waals surface area contributed by atoms with E-state index in [9.17, 15) is 0 Å². The van der Waals surface area contributed by atoms with Crippen molar-refractivity contribution in [2.75, 3.05) is 0 Å². The smallest absolute Gasteiger partial charge is 0.127 e. The van der Waals surface area contributed by atoms with Gasteiger partial charge in [-0.2, -0.15) is 0 Å². The molecule has 0 radical (unpaired) electrons. The van der Waals surface area contributed by atoms with E-state index in [0.29, 0.717) is 0 Å². The third-order valence-electron chi connectivity index (χ3n) is 12.9. The highest BCUT2D eigenvalue weighted by Gasteiger charge is 2.25. The van der Waals surface area contributed by atoms with Crippen molar-refractivity contribution in [3.8, 4) is 101 Å². The molecule has 0 amide bonds. The quantitative estimate of drug-likeness (QED) is 0.133. The van der Waals surface area contributed by atoms with Crippen LogP contribution in [0.15, 0.2) is 231 Å². The van der Waals surface area contributed by atoms with Gasteiger partial charge in [0.05, 0.1) is 0 Å². The predicted octanol–water partition coefficient (Wildman–Crippen LogP) is 18.0. The number of hydrogen-bond acceptors (Lipinski definition) is 1. The summed E-state index contributed by atoms with van der Waals surface area (Å²) in [5.41, 5.74) is 24.6. The Balaban J connectivity index is 1.05. The van der Waals surface area contributed by atoms with Crippen LogP contribution in [0.3, 0.4) is 0 Å². The Morgan fingerprint density at radius 3 is 0.508 bits per heavy atom. The molecule has 0 aliphatic rings.